The molecule has 0 bridgehead atoms. The summed E-state index contributed by atoms with van der Waals surface area (Å²) in [5.41, 5.74) is 8.14. The van der Waals surface area contributed by atoms with Gasteiger partial charge in [0.15, 0.2) is 0 Å². The van der Waals surface area contributed by atoms with Crippen LogP contribution in [0.5, 0.6) is 11.5 Å². The Morgan fingerprint density at radius 1 is 0.897 bits per heavy atom. The van der Waals surface area contributed by atoms with Crippen molar-refractivity contribution in [3.05, 3.63) is 124 Å². The monoisotopic (exact) mass is 582 g/mol. The summed E-state index contributed by atoms with van der Waals surface area (Å²) in [7, 11) is 3.25. The smallest absolute Gasteiger partial charge is 0.271 e. The molecule has 5 rings (SSSR count). The van der Waals surface area contributed by atoms with Gasteiger partial charge in [-0.15, -0.1) is 0 Å². The second-order valence-electron chi connectivity index (χ2n) is 8.91. The molecule has 1 amide bonds. The summed E-state index contributed by atoms with van der Waals surface area (Å²) in [5.74, 6) is 1.22. The minimum absolute atomic E-state index is 0.0542. The molecule has 1 heterocycles. The van der Waals surface area contributed by atoms with Crippen LogP contribution in [0.2, 0.25) is 0 Å². The zero-order valence-corrected chi connectivity index (χ0v) is 23.1. The van der Waals surface area contributed by atoms with E-state index in [9.17, 15) is 4.79 Å². The standard InChI is InChI=1S/C31H27BrN4O3/c1-38-27-15-7-22(8-16-27)29-19-30(23-5-11-25(32)12-6-23)36(35-29)26-13-3-21(4-14-26)20-33-34-31(37)24-9-17-28(39-2)18-10-24/h3-18,20,30H,19H2,1-2H3,(H,34,37). The number of nitrogens with one attached hydrogen (secondary N) is 1. The molecule has 1 N–H and O–H groups in total. The molecular weight excluding hydrogens is 556 g/mol. The van der Waals surface area contributed by atoms with Crippen LogP contribution >= 0.6 is 15.9 Å². The van der Waals surface area contributed by atoms with E-state index in [0.717, 1.165) is 39.2 Å². The number of nitrogens with zero attached hydrogens (tertiary/aromatic N) is 3. The molecule has 0 radical (unpaired) electrons. The molecule has 39 heavy (non-hydrogen) atoms. The van der Waals surface area contributed by atoms with Crippen LogP contribution < -0.4 is 19.9 Å². The number of methoxy groups -OCH3 is 2. The van der Waals surface area contributed by atoms with Crippen LogP contribution in [-0.2, 0) is 0 Å². The molecule has 1 aliphatic heterocycles. The van der Waals surface area contributed by atoms with Crippen molar-refractivity contribution < 1.29 is 14.3 Å². The summed E-state index contributed by atoms with van der Waals surface area (Å²) < 4.78 is 11.5. The van der Waals surface area contributed by atoms with Gasteiger partial charge in [-0.1, -0.05) is 40.2 Å². The molecule has 8 heteroatoms. The zero-order valence-electron chi connectivity index (χ0n) is 21.5. The predicted octanol–water partition coefficient (Wildman–Crippen LogP) is 6.59. The summed E-state index contributed by atoms with van der Waals surface area (Å²) >= 11 is 3.53. The maximum Gasteiger partial charge on any atom is 0.271 e. The number of ether oxygens (including phenoxy) is 2. The Balaban J connectivity index is 1.33. The Morgan fingerprint density at radius 2 is 1.51 bits per heavy atom. The van der Waals surface area contributed by atoms with Crippen molar-refractivity contribution in [2.75, 3.05) is 19.2 Å². The number of amides is 1. The van der Waals surface area contributed by atoms with Gasteiger partial charge in [-0.05, 0) is 89.5 Å². The lowest BCUT2D eigenvalue weighted by atomic mass is 9.98. The lowest BCUT2D eigenvalue weighted by molar-refractivity contribution is 0.0955. The first-order valence-electron chi connectivity index (χ1n) is 12.4. The van der Waals surface area contributed by atoms with Crippen LogP contribution in [0.25, 0.3) is 0 Å². The van der Waals surface area contributed by atoms with Gasteiger partial charge in [0.2, 0.25) is 0 Å². The van der Waals surface area contributed by atoms with Crippen molar-refractivity contribution in [1.29, 1.82) is 0 Å². The average molecular weight is 583 g/mol. The highest BCUT2D eigenvalue weighted by Crippen LogP contribution is 2.37. The maximum atomic E-state index is 12.3. The molecule has 0 saturated carbocycles. The molecule has 196 valence electrons. The van der Waals surface area contributed by atoms with Crippen LogP contribution in [0, 0.1) is 0 Å². The zero-order chi connectivity index (χ0) is 27.2. The van der Waals surface area contributed by atoms with E-state index in [1.54, 1.807) is 44.7 Å². The molecule has 0 fully saturated rings. The average Bonchev–Trinajstić information content (AvgIpc) is 3.43. The van der Waals surface area contributed by atoms with Gasteiger partial charge in [0.1, 0.15) is 11.5 Å². The van der Waals surface area contributed by atoms with Crippen molar-refractivity contribution in [2.45, 2.75) is 12.5 Å². The number of benzene rings is 4. The van der Waals surface area contributed by atoms with Crippen molar-refractivity contribution in [1.82, 2.24) is 5.43 Å². The third kappa shape index (κ3) is 6.18. The number of rotatable bonds is 8. The molecule has 4 aromatic carbocycles. The molecule has 1 unspecified atom stereocenters. The SMILES string of the molecule is COc1ccc(C(=O)NN=Cc2ccc(N3N=C(c4ccc(OC)cc4)CC3c3ccc(Br)cc3)cc2)cc1. The van der Waals surface area contributed by atoms with Gasteiger partial charge in [0.25, 0.3) is 5.91 Å². The van der Waals surface area contributed by atoms with Crippen molar-refractivity contribution in [2.24, 2.45) is 10.2 Å². The molecule has 0 aliphatic carbocycles. The van der Waals surface area contributed by atoms with Crippen LogP contribution in [0.1, 0.15) is 39.5 Å². The minimum Gasteiger partial charge on any atom is -0.497 e. The summed E-state index contributed by atoms with van der Waals surface area (Å²) in [6.07, 6.45) is 2.39. The molecule has 0 spiro atoms. The number of hydrogen-bond acceptors (Lipinski definition) is 6. The minimum atomic E-state index is -0.291. The fourth-order valence-corrected chi connectivity index (χ4v) is 4.60. The first kappa shape index (κ1) is 26.2. The number of halogens is 1. The van der Waals surface area contributed by atoms with Crippen LogP contribution in [-0.4, -0.2) is 32.1 Å². The summed E-state index contributed by atoms with van der Waals surface area (Å²) in [6.45, 7) is 0. The van der Waals surface area contributed by atoms with E-state index in [1.807, 2.05) is 48.5 Å². The highest BCUT2D eigenvalue weighted by atomic mass is 79.9. The Kier molecular flexibility index (Phi) is 8.03. The van der Waals surface area contributed by atoms with Crippen LogP contribution in [0.4, 0.5) is 5.69 Å². The van der Waals surface area contributed by atoms with Crippen LogP contribution in [0.15, 0.2) is 112 Å². The molecule has 1 aliphatic rings. The maximum absolute atomic E-state index is 12.3. The van der Waals surface area contributed by atoms with Gasteiger partial charge in [0.05, 0.1) is 37.9 Å². The number of anilines is 1. The van der Waals surface area contributed by atoms with E-state index in [-0.39, 0.29) is 11.9 Å². The van der Waals surface area contributed by atoms with Crippen LogP contribution in [0.3, 0.4) is 0 Å². The molecule has 0 saturated heterocycles. The highest BCUT2D eigenvalue weighted by molar-refractivity contribution is 9.10. The number of carbonyl (C=O) groups excluding carboxylic acids is 1. The summed E-state index contributed by atoms with van der Waals surface area (Å²) in [6, 6.07) is 31.2. The van der Waals surface area contributed by atoms with E-state index in [4.69, 9.17) is 14.6 Å². The molecule has 0 aromatic heterocycles. The van der Waals surface area contributed by atoms with E-state index < -0.39 is 0 Å². The van der Waals surface area contributed by atoms with Crippen molar-refractivity contribution in [3.8, 4) is 11.5 Å². The van der Waals surface area contributed by atoms with E-state index >= 15 is 0 Å². The first-order valence-corrected chi connectivity index (χ1v) is 13.2. The fraction of sp³-hybridized carbons (Fsp3) is 0.129. The lowest BCUT2D eigenvalue weighted by Crippen LogP contribution is -2.18. The quantitative estimate of drug-likeness (QED) is 0.188. The van der Waals surface area contributed by atoms with Crippen molar-refractivity contribution >= 4 is 39.5 Å². The first-order chi connectivity index (χ1) is 19.0. The van der Waals surface area contributed by atoms with Gasteiger partial charge >= 0.3 is 0 Å². The summed E-state index contributed by atoms with van der Waals surface area (Å²) in [5, 5.41) is 11.2. The topological polar surface area (TPSA) is 75.5 Å². The number of hydrogen-bond donors (Lipinski definition) is 1. The fourth-order valence-electron chi connectivity index (χ4n) is 4.34. The second kappa shape index (κ2) is 12.0. The normalized spacial score (nSPS) is 14.8. The van der Waals surface area contributed by atoms with Gasteiger partial charge in [0, 0.05) is 16.5 Å². The molecule has 1 atom stereocenters. The number of hydrazone groups is 2. The Bertz CT molecular complexity index is 1480. The van der Waals surface area contributed by atoms with E-state index in [2.05, 4.69) is 55.7 Å². The summed E-state index contributed by atoms with van der Waals surface area (Å²) in [4.78, 5) is 12.3. The second-order valence-corrected chi connectivity index (χ2v) is 9.83. The largest absolute Gasteiger partial charge is 0.497 e. The van der Waals surface area contributed by atoms with Gasteiger partial charge in [-0.2, -0.15) is 10.2 Å². The highest BCUT2D eigenvalue weighted by Gasteiger charge is 2.30. The van der Waals surface area contributed by atoms with Gasteiger partial charge in [-0.25, -0.2) is 5.43 Å². The van der Waals surface area contributed by atoms with E-state index in [1.165, 1.54) is 5.56 Å². The number of carbonyl (C=O) groups is 1. The van der Waals surface area contributed by atoms with Gasteiger partial charge < -0.3 is 9.47 Å². The van der Waals surface area contributed by atoms with E-state index in [0.29, 0.717) is 11.3 Å². The van der Waals surface area contributed by atoms with Crippen molar-refractivity contribution in [3.63, 3.8) is 0 Å². The molecule has 4 aromatic rings. The Morgan fingerprint density at radius 3 is 2.13 bits per heavy atom. The van der Waals surface area contributed by atoms with Gasteiger partial charge in [-0.3, -0.25) is 9.80 Å². The Hall–Kier alpha value is -4.43. The molecular formula is C31H27BrN4O3. The third-order valence-corrected chi connectivity index (χ3v) is 7.01. The third-order valence-electron chi connectivity index (χ3n) is 6.48. The predicted molar refractivity (Wildman–Crippen MR) is 158 cm³/mol. The Labute approximate surface area is 235 Å². The lowest BCUT2D eigenvalue weighted by Gasteiger charge is -2.24. The molecule has 7 nitrogen and oxygen atoms in total.